The third-order valence-electron chi connectivity index (χ3n) is 8.36. The molecule has 14 heteroatoms. The maximum atomic E-state index is 13.1. The Kier molecular flexibility index (Phi) is 17.5. The van der Waals surface area contributed by atoms with Crippen LogP contribution in [0.15, 0.2) is 59.0 Å². The van der Waals surface area contributed by atoms with Crippen LogP contribution in [0.4, 0.5) is 0 Å². The third-order valence-corrected chi connectivity index (χ3v) is 8.36. The van der Waals surface area contributed by atoms with Gasteiger partial charge in [-0.05, 0) is 61.6 Å². The number of ketones is 1. The highest BCUT2D eigenvalue weighted by Crippen LogP contribution is 2.35. The van der Waals surface area contributed by atoms with E-state index in [2.05, 4.69) is 10.5 Å². The SMILES string of the molecule is CCO/N=C(\CC)C1=C(O)CC(c2ccc(OCCOCCOCCOc3ccc(C(=O)N(C)C(CCC=O)C(=O)NC)c(C=O)c3)cc2)CC1=O. The number of benzene rings is 2. The number of likely N-dealkylation sites (N-methyl/N-ethyl adjacent to an activating group) is 2. The van der Waals surface area contributed by atoms with E-state index in [1.807, 2.05) is 31.2 Å². The quantitative estimate of drug-likeness (QED) is 0.0726. The largest absolute Gasteiger partial charge is 0.511 e. The Morgan fingerprint density at radius 1 is 0.962 bits per heavy atom. The number of carbonyl (C=O) groups excluding carboxylic acids is 5. The van der Waals surface area contributed by atoms with E-state index in [0.717, 1.165) is 5.56 Å². The van der Waals surface area contributed by atoms with Crippen LogP contribution in [0.5, 0.6) is 11.5 Å². The van der Waals surface area contributed by atoms with Crippen LogP contribution in [0.1, 0.15) is 78.1 Å². The minimum Gasteiger partial charge on any atom is -0.511 e. The van der Waals surface area contributed by atoms with Gasteiger partial charge in [0, 0.05) is 38.9 Å². The van der Waals surface area contributed by atoms with Crippen LogP contribution in [-0.4, -0.2) is 112 Å². The van der Waals surface area contributed by atoms with E-state index in [1.165, 1.54) is 31.1 Å². The number of rotatable bonds is 23. The molecule has 282 valence electrons. The van der Waals surface area contributed by atoms with Crippen molar-refractivity contribution in [2.75, 3.05) is 60.3 Å². The Balaban J connectivity index is 1.34. The number of allylic oxidation sites excluding steroid dienone is 2. The number of aldehydes is 2. The summed E-state index contributed by atoms with van der Waals surface area (Å²) in [7, 11) is 2.90. The molecule has 52 heavy (non-hydrogen) atoms. The fourth-order valence-corrected chi connectivity index (χ4v) is 5.63. The van der Waals surface area contributed by atoms with Crippen molar-refractivity contribution < 1.29 is 52.9 Å². The normalized spacial score (nSPS) is 15.1. The van der Waals surface area contributed by atoms with Crippen LogP contribution in [-0.2, 0) is 28.7 Å². The Morgan fingerprint density at radius 3 is 2.17 bits per heavy atom. The van der Waals surface area contributed by atoms with E-state index in [-0.39, 0.29) is 66.6 Å². The first kappa shape index (κ1) is 41.3. The standard InChI is InChI=1S/C38H49N3O11/c1-5-32(40-52-6-2)36-34(44)23-27(24-35(36)45)26-9-11-29(12-10-26)50-20-18-48-16-17-49-19-21-51-30-13-14-31(28(22-30)25-43)38(47)41(4)33(8-7-15-42)37(46)39-3/h9-15,22,25,27,33,44H,5-8,16-21,23-24H2,1-4H3,(H,39,46)/b40-32+. The summed E-state index contributed by atoms with van der Waals surface area (Å²) in [6.07, 6.45) is 2.59. The van der Waals surface area contributed by atoms with Gasteiger partial charge in [-0.1, -0.05) is 24.2 Å². The fraction of sp³-hybridized carbons (Fsp3) is 0.474. The van der Waals surface area contributed by atoms with Gasteiger partial charge < -0.3 is 43.9 Å². The van der Waals surface area contributed by atoms with Gasteiger partial charge in [-0.2, -0.15) is 0 Å². The van der Waals surface area contributed by atoms with Crippen molar-refractivity contribution in [2.45, 2.75) is 57.9 Å². The molecule has 0 radical (unpaired) electrons. The van der Waals surface area contributed by atoms with Crippen LogP contribution >= 0.6 is 0 Å². The van der Waals surface area contributed by atoms with E-state index in [1.54, 1.807) is 13.0 Å². The number of aliphatic hydroxyl groups excluding tert-OH is 1. The molecule has 2 N–H and O–H groups in total. The number of nitrogens with zero attached hydrogens (tertiary/aromatic N) is 2. The monoisotopic (exact) mass is 723 g/mol. The van der Waals surface area contributed by atoms with Crippen molar-refractivity contribution in [2.24, 2.45) is 5.16 Å². The molecule has 0 saturated heterocycles. The molecule has 2 unspecified atom stereocenters. The minimum absolute atomic E-state index is 0.0385. The molecular weight excluding hydrogens is 674 g/mol. The van der Waals surface area contributed by atoms with E-state index >= 15 is 0 Å². The predicted octanol–water partition coefficient (Wildman–Crippen LogP) is 4.22. The summed E-state index contributed by atoms with van der Waals surface area (Å²) in [5.74, 6) is -0.157. The van der Waals surface area contributed by atoms with E-state index < -0.39 is 17.9 Å². The third kappa shape index (κ3) is 12.0. The summed E-state index contributed by atoms with van der Waals surface area (Å²) >= 11 is 0. The number of carbonyl (C=O) groups is 5. The lowest BCUT2D eigenvalue weighted by molar-refractivity contribution is -0.125. The summed E-state index contributed by atoms with van der Waals surface area (Å²) < 4.78 is 22.6. The molecule has 0 fully saturated rings. The lowest BCUT2D eigenvalue weighted by atomic mass is 9.81. The lowest BCUT2D eigenvalue weighted by Gasteiger charge is -2.27. The molecule has 1 aliphatic carbocycles. The second-order valence-electron chi connectivity index (χ2n) is 11.8. The van der Waals surface area contributed by atoms with Gasteiger partial charge in [-0.3, -0.25) is 19.2 Å². The summed E-state index contributed by atoms with van der Waals surface area (Å²) in [5, 5.41) is 17.2. The molecule has 2 atom stereocenters. The zero-order valence-corrected chi connectivity index (χ0v) is 30.3. The smallest absolute Gasteiger partial charge is 0.255 e. The van der Waals surface area contributed by atoms with Crippen LogP contribution in [0.25, 0.3) is 0 Å². The molecule has 2 amide bonds. The average Bonchev–Trinajstić information content (AvgIpc) is 3.16. The highest BCUT2D eigenvalue weighted by atomic mass is 16.6. The van der Waals surface area contributed by atoms with Crippen molar-refractivity contribution in [3.8, 4) is 11.5 Å². The number of hydrogen-bond acceptors (Lipinski definition) is 12. The molecule has 2 aromatic rings. The van der Waals surface area contributed by atoms with Gasteiger partial charge in [0.05, 0.1) is 43.3 Å². The molecule has 0 saturated carbocycles. The summed E-state index contributed by atoms with van der Waals surface area (Å²) in [6.45, 7) is 5.86. The van der Waals surface area contributed by atoms with Gasteiger partial charge in [-0.15, -0.1) is 0 Å². The van der Waals surface area contributed by atoms with Gasteiger partial charge in [-0.25, -0.2) is 0 Å². The van der Waals surface area contributed by atoms with Crippen molar-refractivity contribution in [1.82, 2.24) is 10.2 Å². The minimum atomic E-state index is -0.863. The fourth-order valence-electron chi connectivity index (χ4n) is 5.63. The molecule has 14 nitrogen and oxygen atoms in total. The molecular formula is C38H49N3O11. The summed E-state index contributed by atoms with van der Waals surface area (Å²) in [5.41, 5.74) is 1.89. The molecule has 0 heterocycles. The van der Waals surface area contributed by atoms with Gasteiger partial charge >= 0.3 is 0 Å². The topological polar surface area (TPSA) is 179 Å². The summed E-state index contributed by atoms with van der Waals surface area (Å²) in [6, 6.07) is 11.1. The molecule has 0 aromatic heterocycles. The predicted molar refractivity (Wildman–Crippen MR) is 192 cm³/mol. The van der Waals surface area contributed by atoms with Gasteiger partial charge in [0.15, 0.2) is 12.1 Å². The number of oxime groups is 1. The number of amides is 2. The first-order valence-corrected chi connectivity index (χ1v) is 17.4. The molecule has 2 aromatic carbocycles. The van der Waals surface area contributed by atoms with Crippen molar-refractivity contribution in [1.29, 1.82) is 0 Å². The Labute approximate surface area is 304 Å². The maximum absolute atomic E-state index is 13.1. The van der Waals surface area contributed by atoms with Crippen molar-refractivity contribution >= 4 is 35.9 Å². The zero-order chi connectivity index (χ0) is 37.9. The molecule has 3 rings (SSSR count). The van der Waals surface area contributed by atoms with Gasteiger partial charge in [0.25, 0.3) is 5.91 Å². The zero-order valence-electron chi connectivity index (χ0n) is 30.3. The second-order valence-corrected chi connectivity index (χ2v) is 11.8. The van der Waals surface area contributed by atoms with Crippen molar-refractivity contribution in [3.63, 3.8) is 0 Å². The van der Waals surface area contributed by atoms with E-state index in [9.17, 15) is 29.1 Å². The molecule has 1 aliphatic rings. The van der Waals surface area contributed by atoms with Crippen LogP contribution in [0.3, 0.4) is 0 Å². The van der Waals surface area contributed by atoms with Crippen LogP contribution in [0, 0.1) is 0 Å². The Hall–Kier alpha value is -5.08. The number of ether oxygens (including phenoxy) is 4. The second kappa shape index (κ2) is 22.0. The van der Waals surface area contributed by atoms with Gasteiger partial charge in [0.2, 0.25) is 5.91 Å². The van der Waals surface area contributed by atoms with Crippen molar-refractivity contribution in [3.05, 3.63) is 70.5 Å². The van der Waals surface area contributed by atoms with E-state index in [0.29, 0.717) is 75.7 Å². The van der Waals surface area contributed by atoms with Gasteiger partial charge in [0.1, 0.15) is 49.4 Å². The lowest BCUT2D eigenvalue weighted by Crippen LogP contribution is -2.47. The van der Waals surface area contributed by atoms with Crippen LogP contribution < -0.4 is 14.8 Å². The number of aliphatic hydroxyl groups is 1. The number of Topliss-reactive ketones (excluding diaryl/α,β-unsaturated/α-hetero) is 1. The molecule has 0 aliphatic heterocycles. The van der Waals surface area contributed by atoms with E-state index in [4.69, 9.17) is 23.8 Å². The summed E-state index contributed by atoms with van der Waals surface area (Å²) in [4.78, 5) is 67.2. The molecule has 0 spiro atoms. The maximum Gasteiger partial charge on any atom is 0.255 e. The highest BCUT2D eigenvalue weighted by Gasteiger charge is 2.31. The Bertz CT molecular complexity index is 1570. The average molecular weight is 724 g/mol. The number of nitrogens with one attached hydrogen (secondary N) is 1. The first-order valence-electron chi connectivity index (χ1n) is 17.4. The first-order chi connectivity index (χ1) is 25.2. The highest BCUT2D eigenvalue weighted by molar-refractivity contribution is 6.23. The molecule has 0 bridgehead atoms. The number of hydrogen-bond donors (Lipinski definition) is 2. The van der Waals surface area contributed by atoms with Crippen LogP contribution in [0.2, 0.25) is 0 Å². The Morgan fingerprint density at radius 2 is 1.60 bits per heavy atom.